The average molecular weight is 413 g/mol. The van der Waals surface area contributed by atoms with Gasteiger partial charge in [-0.1, -0.05) is 6.92 Å². The molecule has 0 spiro atoms. The van der Waals surface area contributed by atoms with Crippen LogP contribution in [0.2, 0.25) is 0 Å². The van der Waals surface area contributed by atoms with Crippen LogP contribution in [0.25, 0.3) is 0 Å². The van der Waals surface area contributed by atoms with Crippen LogP contribution in [0.1, 0.15) is 45.4 Å². The van der Waals surface area contributed by atoms with Gasteiger partial charge in [0.05, 0.1) is 12.3 Å². The molecule has 8 heteroatoms. The van der Waals surface area contributed by atoms with Gasteiger partial charge in [0, 0.05) is 45.9 Å². The Balaban J connectivity index is 1.50. The zero-order valence-corrected chi connectivity index (χ0v) is 18.8. The highest BCUT2D eigenvalue weighted by Gasteiger charge is 2.37. The van der Waals surface area contributed by atoms with Gasteiger partial charge in [-0.05, 0) is 58.7 Å². The van der Waals surface area contributed by atoms with Crippen molar-refractivity contribution in [2.45, 2.75) is 76.3 Å². The summed E-state index contributed by atoms with van der Waals surface area (Å²) >= 11 is 0. The van der Waals surface area contributed by atoms with E-state index in [9.17, 15) is 0 Å². The standard InChI is InChI=1S/C21H44N6O2/c1-4-10-27-16-17(24-21-23-9-8-19(22-2)25-21)15-18(20(27)28-3)29-14-7-13-26-11-5-6-12-26/h17-25H,4-16H2,1-3H3. The van der Waals surface area contributed by atoms with Gasteiger partial charge in [0.25, 0.3) is 0 Å². The molecule has 8 nitrogen and oxygen atoms in total. The van der Waals surface area contributed by atoms with Crippen molar-refractivity contribution in [2.75, 3.05) is 60.0 Å². The molecule has 0 amide bonds. The lowest BCUT2D eigenvalue weighted by atomic mass is 10.0. The molecule has 5 atom stereocenters. The molecule has 0 aromatic rings. The number of likely N-dealkylation sites (tertiary alicyclic amines) is 2. The summed E-state index contributed by atoms with van der Waals surface area (Å²) in [5.41, 5.74) is 0. The molecule has 3 aliphatic rings. The summed E-state index contributed by atoms with van der Waals surface area (Å²) in [6.07, 6.45) is 7.65. The Morgan fingerprint density at radius 3 is 2.72 bits per heavy atom. The highest BCUT2D eigenvalue weighted by atomic mass is 16.5. The average Bonchev–Trinajstić information content (AvgIpc) is 3.25. The number of nitrogens with one attached hydrogen (secondary N) is 4. The van der Waals surface area contributed by atoms with E-state index in [2.05, 4.69) is 38.0 Å². The first-order valence-corrected chi connectivity index (χ1v) is 11.8. The lowest BCUT2D eigenvalue weighted by Gasteiger charge is -2.45. The summed E-state index contributed by atoms with van der Waals surface area (Å²) in [6, 6.07) is 0.372. The molecular formula is C21H44N6O2. The van der Waals surface area contributed by atoms with Gasteiger partial charge in [-0.15, -0.1) is 0 Å². The molecule has 5 unspecified atom stereocenters. The third-order valence-electron chi connectivity index (χ3n) is 6.45. The van der Waals surface area contributed by atoms with Crippen molar-refractivity contribution in [2.24, 2.45) is 0 Å². The largest absolute Gasteiger partial charge is 0.374 e. The third kappa shape index (κ3) is 7.11. The van der Waals surface area contributed by atoms with Gasteiger partial charge in [0.15, 0.2) is 0 Å². The van der Waals surface area contributed by atoms with Crippen LogP contribution in [0.3, 0.4) is 0 Å². The molecule has 0 aromatic heterocycles. The summed E-state index contributed by atoms with van der Waals surface area (Å²) in [5, 5.41) is 14.2. The van der Waals surface area contributed by atoms with Gasteiger partial charge in [-0.2, -0.15) is 0 Å². The first kappa shape index (κ1) is 23.3. The van der Waals surface area contributed by atoms with Crippen LogP contribution in [0.5, 0.6) is 0 Å². The minimum absolute atomic E-state index is 0.0529. The monoisotopic (exact) mass is 412 g/mol. The molecule has 0 radical (unpaired) electrons. The molecule has 0 bridgehead atoms. The van der Waals surface area contributed by atoms with Crippen LogP contribution in [-0.2, 0) is 9.47 Å². The minimum atomic E-state index is 0.0529. The van der Waals surface area contributed by atoms with E-state index in [0.29, 0.717) is 12.2 Å². The Morgan fingerprint density at radius 1 is 1.17 bits per heavy atom. The van der Waals surface area contributed by atoms with E-state index in [1.807, 2.05) is 14.2 Å². The van der Waals surface area contributed by atoms with E-state index >= 15 is 0 Å². The number of piperidine rings is 1. The fourth-order valence-corrected chi connectivity index (χ4v) is 4.99. The van der Waals surface area contributed by atoms with E-state index in [4.69, 9.17) is 9.47 Å². The van der Waals surface area contributed by atoms with Crippen molar-refractivity contribution in [1.29, 1.82) is 0 Å². The number of hydrogen-bond acceptors (Lipinski definition) is 8. The summed E-state index contributed by atoms with van der Waals surface area (Å²) in [5.74, 6) is 0. The molecule has 29 heavy (non-hydrogen) atoms. The van der Waals surface area contributed by atoms with Crippen LogP contribution < -0.4 is 21.3 Å². The first-order valence-electron chi connectivity index (χ1n) is 11.8. The molecule has 3 rings (SSSR count). The van der Waals surface area contributed by atoms with E-state index < -0.39 is 0 Å². The maximum absolute atomic E-state index is 6.40. The van der Waals surface area contributed by atoms with E-state index in [1.54, 1.807) is 0 Å². The molecule has 3 saturated heterocycles. The SMILES string of the molecule is CCCN1CC(NC2NCCC(NC)N2)CC(OCCCN2CCCC2)C1OC. The summed E-state index contributed by atoms with van der Waals surface area (Å²) in [7, 11) is 3.84. The molecule has 170 valence electrons. The zero-order chi connectivity index (χ0) is 20.5. The van der Waals surface area contributed by atoms with Crippen LogP contribution >= 0.6 is 0 Å². The lowest BCUT2D eigenvalue weighted by Crippen LogP contribution is -2.68. The maximum atomic E-state index is 6.40. The molecule has 3 fully saturated rings. The van der Waals surface area contributed by atoms with Crippen molar-refractivity contribution >= 4 is 0 Å². The van der Waals surface area contributed by atoms with E-state index in [-0.39, 0.29) is 18.6 Å². The molecule has 0 aliphatic carbocycles. The van der Waals surface area contributed by atoms with Crippen molar-refractivity contribution in [3.63, 3.8) is 0 Å². The van der Waals surface area contributed by atoms with Gasteiger partial charge in [0.1, 0.15) is 12.5 Å². The second-order valence-corrected chi connectivity index (χ2v) is 8.72. The molecule has 4 N–H and O–H groups in total. The fraction of sp³-hybridized carbons (Fsp3) is 1.00. The van der Waals surface area contributed by atoms with Gasteiger partial charge in [-0.25, -0.2) is 0 Å². The minimum Gasteiger partial charge on any atom is -0.374 e. The number of rotatable bonds is 11. The maximum Gasteiger partial charge on any atom is 0.136 e. The normalized spacial score (nSPS) is 34.7. The Bertz CT molecular complexity index is 451. The van der Waals surface area contributed by atoms with Crippen molar-refractivity contribution in [1.82, 2.24) is 31.1 Å². The Morgan fingerprint density at radius 2 is 2.00 bits per heavy atom. The van der Waals surface area contributed by atoms with Gasteiger partial charge < -0.3 is 19.7 Å². The molecule has 0 aromatic carbocycles. The predicted octanol–water partition coefficient (Wildman–Crippen LogP) is 0.316. The topological polar surface area (TPSA) is 73.1 Å². The summed E-state index contributed by atoms with van der Waals surface area (Å²) in [4.78, 5) is 5.01. The lowest BCUT2D eigenvalue weighted by molar-refractivity contribution is -0.158. The zero-order valence-electron chi connectivity index (χ0n) is 18.8. The fourth-order valence-electron chi connectivity index (χ4n) is 4.99. The van der Waals surface area contributed by atoms with Crippen molar-refractivity contribution in [3.05, 3.63) is 0 Å². The Labute approximate surface area is 177 Å². The Hall–Kier alpha value is -0.320. The van der Waals surface area contributed by atoms with Gasteiger partial charge in [-0.3, -0.25) is 20.9 Å². The predicted molar refractivity (Wildman–Crippen MR) is 117 cm³/mol. The summed E-state index contributed by atoms with van der Waals surface area (Å²) in [6.45, 7) is 9.77. The van der Waals surface area contributed by atoms with Crippen molar-refractivity contribution in [3.8, 4) is 0 Å². The first-order chi connectivity index (χ1) is 14.2. The third-order valence-corrected chi connectivity index (χ3v) is 6.45. The van der Waals surface area contributed by atoms with E-state index in [1.165, 1.54) is 25.9 Å². The smallest absolute Gasteiger partial charge is 0.136 e. The number of methoxy groups -OCH3 is 1. The van der Waals surface area contributed by atoms with Gasteiger partial charge >= 0.3 is 0 Å². The highest BCUT2D eigenvalue weighted by Crippen LogP contribution is 2.23. The quantitative estimate of drug-likeness (QED) is 0.362. The number of nitrogens with zero attached hydrogens (tertiary/aromatic N) is 2. The molecule has 3 heterocycles. The van der Waals surface area contributed by atoms with Crippen LogP contribution in [0, 0.1) is 0 Å². The molecule has 3 aliphatic heterocycles. The van der Waals surface area contributed by atoms with Crippen LogP contribution in [-0.4, -0.2) is 101 Å². The number of ether oxygens (including phenoxy) is 2. The second kappa shape index (κ2) is 12.5. The summed E-state index contributed by atoms with van der Waals surface area (Å²) < 4.78 is 12.3. The van der Waals surface area contributed by atoms with Crippen molar-refractivity contribution < 1.29 is 9.47 Å². The molecule has 0 saturated carbocycles. The number of hydrogen-bond donors (Lipinski definition) is 4. The molecular weight excluding hydrogens is 368 g/mol. The second-order valence-electron chi connectivity index (χ2n) is 8.72. The van der Waals surface area contributed by atoms with Crippen LogP contribution in [0.4, 0.5) is 0 Å². The van der Waals surface area contributed by atoms with E-state index in [0.717, 1.165) is 58.5 Å². The van der Waals surface area contributed by atoms with Crippen LogP contribution in [0.15, 0.2) is 0 Å². The highest BCUT2D eigenvalue weighted by molar-refractivity contribution is 4.90. The Kier molecular flexibility index (Phi) is 10.1. The van der Waals surface area contributed by atoms with Gasteiger partial charge in [0.2, 0.25) is 0 Å².